The quantitative estimate of drug-likeness (QED) is 0.559. The fourth-order valence-electron chi connectivity index (χ4n) is 3.67. The second-order valence-electron chi connectivity index (χ2n) is 7.27. The third-order valence-electron chi connectivity index (χ3n) is 5.31. The highest BCUT2D eigenvalue weighted by atomic mass is 19.4. The molecule has 1 aromatic heterocycles. The lowest BCUT2D eigenvalue weighted by atomic mass is 10.0. The number of amides is 1. The van der Waals surface area contributed by atoms with Gasteiger partial charge in [-0.25, -0.2) is 4.39 Å². The number of benzene rings is 2. The van der Waals surface area contributed by atoms with E-state index in [-0.39, 0.29) is 28.5 Å². The third kappa shape index (κ3) is 4.12. The van der Waals surface area contributed by atoms with Crippen molar-refractivity contribution < 1.29 is 26.9 Å². The third-order valence-corrected chi connectivity index (χ3v) is 5.31. The number of nitrogens with zero attached hydrogens (tertiary/aromatic N) is 3. The zero-order valence-electron chi connectivity index (χ0n) is 16.6. The van der Waals surface area contributed by atoms with Crippen LogP contribution in [-0.4, -0.2) is 42.1 Å². The lowest BCUT2D eigenvalue weighted by molar-refractivity contribution is -0.137. The summed E-state index contributed by atoms with van der Waals surface area (Å²) in [5.41, 5.74) is 0.247. The first-order valence-corrected chi connectivity index (χ1v) is 9.68. The normalized spacial score (nSPS) is 14.7. The molecule has 4 rings (SSSR count). The molecule has 0 spiro atoms. The van der Waals surface area contributed by atoms with Crippen molar-refractivity contribution in [2.24, 2.45) is 0 Å². The molecule has 5 nitrogen and oxygen atoms in total. The summed E-state index contributed by atoms with van der Waals surface area (Å²) in [6.45, 7) is 2.93. The van der Waals surface area contributed by atoms with Gasteiger partial charge < -0.3 is 14.3 Å². The topological polar surface area (TPSA) is 49.6 Å². The predicted molar refractivity (Wildman–Crippen MR) is 106 cm³/mol. The van der Waals surface area contributed by atoms with Crippen molar-refractivity contribution >= 4 is 11.6 Å². The highest BCUT2D eigenvalue weighted by Crippen LogP contribution is 2.32. The molecule has 1 saturated heterocycles. The van der Waals surface area contributed by atoms with Crippen LogP contribution in [-0.2, 0) is 6.18 Å². The molecule has 0 atom stereocenters. The van der Waals surface area contributed by atoms with Crippen LogP contribution >= 0.6 is 0 Å². The number of halogens is 4. The molecule has 0 saturated carbocycles. The molecule has 0 aliphatic carbocycles. The first-order chi connectivity index (χ1) is 14.8. The van der Waals surface area contributed by atoms with Gasteiger partial charge in [0.2, 0.25) is 0 Å². The molecule has 1 amide bonds. The van der Waals surface area contributed by atoms with Crippen LogP contribution in [0.4, 0.5) is 23.2 Å². The van der Waals surface area contributed by atoms with E-state index in [0.717, 1.165) is 12.1 Å². The van der Waals surface area contributed by atoms with Gasteiger partial charge in [-0.2, -0.15) is 13.2 Å². The zero-order valence-corrected chi connectivity index (χ0v) is 16.6. The fraction of sp³-hybridized carbons (Fsp3) is 0.273. The van der Waals surface area contributed by atoms with Crippen LogP contribution in [0.3, 0.4) is 0 Å². The standard InChI is InChI=1S/C22H19F4N3O2/c1-14-19(20(27-31-14)17-7-2-3-8-18(17)23)21(30)29-11-9-28(10-12-29)16-6-4-5-15(13-16)22(24,25)26/h2-8,13H,9-12H2,1H3. The van der Waals surface area contributed by atoms with Crippen molar-refractivity contribution in [3.63, 3.8) is 0 Å². The largest absolute Gasteiger partial charge is 0.416 e. The van der Waals surface area contributed by atoms with Gasteiger partial charge in [-0.15, -0.1) is 0 Å². The van der Waals surface area contributed by atoms with Gasteiger partial charge in [-0.1, -0.05) is 23.4 Å². The van der Waals surface area contributed by atoms with E-state index in [2.05, 4.69) is 5.16 Å². The molecule has 1 aliphatic rings. The smallest absolute Gasteiger partial charge is 0.368 e. The van der Waals surface area contributed by atoms with Gasteiger partial charge in [0.15, 0.2) is 0 Å². The lowest BCUT2D eigenvalue weighted by Gasteiger charge is -2.36. The minimum atomic E-state index is -4.41. The Labute approximate surface area is 175 Å². The first-order valence-electron chi connectivity index (χ1n) is 9.68. The average Bonchev–Trinajstić information content (AvgIpc) is 3.14. The summed E-state index contributed by atoms with van der Waals surface area (Å²) in [4.78, 5) is 16.5. The number of carbonyl (C=O) groups is 1. The Morgan fingerprint density at radius 3 is 2.42 bits per heavy atom. The van der Waals surface area contributed by atoms with Gasteiger partial charge in [0.25, 0.3) is 5.91 Å². The van der Waals surface area contributed by atoms with Crippen molar-refractivity contribution in [2.45, 2.75) is 13.1 Å². The van der Waals surface area contributed by atoms with Gasteiger partial charge in [-0.05, 0) is 37.3 Å². The maximum absolute atomic E-state index is 14.2. The number of alkyl halides is 3. The number of hydrogen-bond acceptors (Lipinski definition) is 4. The Kier molecular flexibility index (Phi) is 5.43. The molecule has 2 heterocycles. The Bertz CT molecular complexity index is 1100. The Hall–Kier alpha value is -3.36. The molecule has 0 radical (unpaired) electrons. The van der Waals surface area contributed by atoms with E-state index in [1.807, 2.05) is 0 Å². The Balaban J connectivity index is 1.51. The molecule has 0 unspecified atom stereocenters. The summed E-state index contributed by atoms with van der Waals surface area (Å²) >= 11 is 0. The predicted octanol–water partition coefficient (Wildman–Crippen LogP) is 4.77. The number of piperazine rings is 1. The number of carbonyl (C=O) groups excluding carboxylic acids is 1. The molecule has 3 aromatic rings. The minimum Gasteiger partial charge on any atom is -0.368 e. The van der Waals surface area contributed by atoms with Crippen LogP contribution in [0.2, 0.25) is 0 Å². The molecule has 0 bridgehead atoms. The lowest BCUT2D eigenvalue weighted by Crippen LogP contribution is -2.49. The van der Waals surface area contributed by atoms with Crippen molar-refractivity contribution in [3.8, 4) is 11.3 Å². The van der Waals surface area contributed by atoms with Crippen LogP contribution in [0.15, 0.2) is 53.1 Å². The summed E-state index contributed by atoms with van der Waals surface area (Å²) in [5.74, 6) is -0.580. The van der Waals surface area contributed by atoms with Crippen molar-refractivity contribution in [1.82, 2.24) is 10.1 Å². The van der Waals surface area contributed by atoms with E-state index in [9.17, 15) is 22.4 Å². The van der Waals surface area contributed by atoms with Crippen molar-refractivity contribution in [1.29, 1.82) is 0 Å². The van der Waals surface area contributed by atoms with Gasteiger partial charge >= 0.3 is 6.18 Å². The van der Waals surface area contributed by atoms with E-state index in [1.165, 1.54) is 18.2 Å². The van der Waals surface area contributed by atoms with Crippen LogP contribution < -0.4 is 4.90 Å². The summed E-state index contributed by atoms with van der Waals surface area (Å²) in [6.07, 6.45) is -4.41. The Morgan fingerprint density at radius 1 is 1.03 bits per heavy atom. The van der Waals surface area contributed by atoms with Gasteiger partial charge in [0.05, 0.1) is 5.56 Å². The van der Waals surface area contributed by atoms with Crippen LogP contribution in [0.25, 0.3) is 11.3 Å². The van der Waals surface area contributed by atoms with Gasteiger partial charge in [0.1, 0.15) is 22.8 Å². The van der Waals surface area contributed by atoms with Crippen LogP contribution in [0, 0.1) is 12.7 Å². The highest BCUT2D eigenvalue weighted by Gasteiger charge is 2.32. The van der Waals surface area contributed by atoms with Crippen molar-refractivity contribution in [2.75, 3.05) is 31.1 Å². The summed E-state index contributed by atoms with van der Waals surface area (Å²) in [7, 11) is 0. The fourth-order valence-corrected chi connectivity index (χ4v) is 3.67. The van der Waals surface area contributed by atoms with E-state index >= 15 is 0 Å². The van der Waals surface area contributed by atoms with E-state index in [0.29, 0.717) is 31.9 Å². The van der Waals surface area contributed by atoms with Gasteiger partial charge in [-0.3, -0.25) is 4.79 Å². The van der Waals surface area contributed by atoms with Crippen LogP contribution in [0.1, 0.15) is 21.7 Å². The molecular formula is C22H19F4N3O2. The van der Waals surface area contributed by atoms with E-state index in [1.54, 1.807) is 34.9 Å². The Morgan fingerprint density at radius 2 is 1.74 bits per heavy atom. The molecule has 2 aromatic carbocycles. The van der Waals surface area contributed by atoms with Gasteiger partial charge in [0, 0.05) is 37.4 Å². The summed E-state index contributed by atoms with van der Waals surface area (Å²) in [6, 6.07) is 11.1. The molecule has 0 N–H and O–H groups in total. The molecule has 1 fully saturated rings. The number of anilines is 1. The summed E-state index contributed by atoms with van der Waals surface area (Å²) < 4.78 is 58.4. The zero-order chi connectivity index (χ0) is 22.2. The number of aromatic nitrogens is 1. The molecule has 9 heteroatoms. The number of aryl methyl sites for hydroxylation is 1. The summed E-state index contributed by atoms with van der Waals surface area (Å²) in [5, 5.41) is 3.88. The maximum Gasteiger partial charge on any atom is 0.416 e. The number of rotatable bonds is 3. The molecular weight excluding hydrogens is 414 g/mol. The van der Waals surface area contributed by atoms with Crippen molar-refractivity contribution in [3.05, 3.63) is 71.2 Å². The average molecular weight is 433 g/mol. The SMILES string of the molecule is Cc1onc(-c2ccccc2F)c1C(=O)N1CCN(c2cccc(C(F)(F)F)c2)CC1. The van der Waals surface area contributed by atoms with E-state index in [4.69, 9.17) is 4.52 Å². The number of hydrogen-bond donors (Lipinski definition) is 0. The molecule has 31 heavy (non-hydrogen) atoms. The minimum absolute atomic E-state index is 0.140. The molecule has 1 aliphatic heterocycles. The highest BCUT2D eigenvalue weighted by molar-refractivity contribution is 6.01. The second-order valence-corrected chi connectivity index (χ2v) is 7.27. The second kappa shape index (κ2) is 8.05. The maximum atomic E-state index is 14.2. The molecule has 162 valence electrons. The van der Waals surface area contributed by atoms with E-state index < -0.39 is 17.6 Å². The first kappa shape index (κ1) is 20.9. The van der Waals surface area contributed by atoms with Crippen LogP contribution in [0.5, 0.6) is 0 Å². The monoisotopic (exact) mass is 433 g/mol.